The molecule has 4 rings (SSSR count). The molecule has 0 atom stereocenters. The molecule has 2 amide bonds. The number of thiazole rings is 1. The molecule has 1 aromatic heterocycles. The number of nitrogens with one attached hydrogen (secondary N) is 1. The Bertz CT molecular complexity index is 1200. The van der Waals surface area contributed by atoms with Crippen molar-refractivity contribution >= 4 is 34.0 Å². The highest BCUT2D eigenvalue weighted by atomic mass is 32.1. The first kappa shape index (κ1) is 20.8. The zero-order valence-electron chi connectivity index (χ0n) is 17.7. The number of amides is 2. The number of carbonyl (C=O) groups is 2. The molecule has 0 aliphatic carbocycles. The lowest BCUT2D eigenvalue weighted by molar-refractivity contribution is -0.121. The van der Waals surface area contributed by atoms with E-state index in [0.717, 1.165) is 27.3 Å². The number of aryl methyl sites for hydroxylation is 3. The van der Waals surface area contributed by atoms with Crippen LogP contribution in [-0.2, 0) is 4.79 Å². The Morgan fingerprint density at radius 1 is 1.23 bits per heavy atom. The van der Waals surface area contributed by atoms with E-state index in [1.807, 2.05) is 57.2 Å². The largest absolute Gasteiger partial charge is 0.482 e. The van der Waals surface area contributed by atoms with Crippen molar-refractivity contribution in [1.82, 2.24) is 4.98 Å². The molecule has 1 aliphatic heterocycles. The molecule has 0 bridgehead atoms. The molecule has 0 spiro atoms. The molecule has 2 heterocycles. The van der Waals surface area contributed by atoms with Gasteiger partial charge in [0, 0.05) is 22.5 Å². The highest BCUT2D eigenvalue weighted by Crippen LogP contribution is 2.38. The normalized spacial score (nSPS) is 12.9. The summed E-state index contributed by atoms with van der Waals surface area (Å²) in [6.45, 7) is 10.1. The molecule has 3 aromatic rings. The molecule has 0 unspecified atom stereocenters. The summed E-state index contributed by atoms with van der Waals surface area (Å²) in [5, 5.41) is 3.43. The van der Waals surface area contributed by atoms with Crippen LogP contribution in [0.15, 0.2) is 49.1 Å². The van der Waals surface area contributed by atoms with E-state index in [1.165, 1.54) is 11.3 Å². The van der Waals surface area contributed by atoms with Crippen LogP contribution in [-0.4, -0.2) is 29.9 Å². The van der Waals surface area contributed by atoms with E-state index in [-0.39, 0.29) is 18.4 Å². The average Bonchev–Trinajstić information content (AvgIpc) is 3.11. The fourth-order valence-electron chi connectivity index (χ4n) is 3.45. The maximum absolute atomic E-state index is 12.7. The number of hydrogen-bond donors (Lipinski definition) is 1. The zero-order valence-corrected chi connectivity index (χ0v) is 18.5. The molecular weight excluding hydrogens is 410 g/mol. The van der Waals surface area contributed by atoms with Gasteiger partial charge in [0.2, 0.25) is 0 Å². The topological polar surface area (TPSA) is 71.5 Å². The predicted octanol–water partition coefficient (Wildman–Crippen LogP) is 4.90. The maximum atomic E-state index is 12.7. The smallest absolute Gasteiger partial charge is 0.265 e. The molecule has 31 heavy (non-hydrogen) atoms. The van der Waals surface area contributed by atoms with Crippen LogP contribution in [0, 0.1) is 20.8 Å². The van der Waals surface area contributed by atoms with Crippen LogP contribution < -0.4 is 15.0 Å². The molecule has 6 nitrogen and oxygen atoms in total. The number of aromatic nitrogens is 1. The van der Waals surface area contributed by atoms with Crippen LogP contribution in [0.1, 0.15) is 26.4 Å². The van der Waals surface area contributed by atoms with Crippen molar-refractivity contribution in [2.24, 2.45) is 0 Å². The van der Waals surface area contributed by atoms with E-state index in [1.54, 1.807) is 11.0 Å². The Balaban J connectivity index is 1.62. The zero-order chi connectivity index (χ0) is 22.1. The van der Waals surface area contributed by atoms with E-state index in [2.05, 4.69) is 16.9 Å². The Hall–Kier alpha value is -3.45. The van der Waals surface area contributed by atoms with E-state index in [0.29, 0.717) is 28.7 Å². The standard InChI is InChI=1S/C24H23N3O3S/c1-5-10-27-19-12-17(8-9-20(19)30-13-21(27)28)22-16(4)31-24(25-22)26-23(29)18-7-6-14(2)15(3)11-18/h5-9,11-12H,1,10,13H2,2-4H3,(H,25,26,29). The van der Waals surface area contributed by atoms with Gasteiger partial charge >= 0.3 is 0 Å². The van der Waals surface area contributed by atoms with Gasteiger partial charge in [-0.1, -0.05) is 12.1 Å². The number of ether oxygens (including phenoxy) is 1. The monoisotopic (exact) mass is 433 g/mol. The van der Waals surface area contributed by atoms with Gasteiger partial charge in [0.05, 0.1) is 11.4 Å². The molecule has 0 fully saturated rings. The Labute approximate surface area is 185 Å². The van der Waals surface area contributed by atoms with Crippen molar-refractivity contribution < 1.29 is 14.3 Å². The maximum Gasteiger partial charge on any atom is 0.265 e. The van der Waals surface area contributed by atoms with Crippen LogP contribution in [0.5, 0.6) is 5.75 Å². The molecule has 2 aromatic carbocycles. The van der Waals surface area contributed by atoms with E-state index >= 15 is 0 Å². The lowest BCUT2D eigenvalue weighted by atomic mass is 10.1. The molecular formula is C24H23N3O3S. The molecule has 0 radical (unpaired) electrons. The molecule has 0 saturated heterocycles. The van der Waals surface area contributed by atoms with Gasteiger partial charge in [-0.3, -0.25) is 14.9 Å². The van der Waals surface area contributed by atoms with Gasteiger partial charge in [0.1, 0.15) is 5.75 Å². The van der Waals surface area contributed by atoms with Crippen molar-refractivity contribution in [3.8, 4) is 17.0 Å². The first-order chi connectivity index (χ1) is 14.9. The number of nitrogens with zero attached hydrogens (tertiary/aromatic N) is 2. The van der Waals surface area contributed by atoms with Gasteiger partial charge in [-0.05, 0) is 62.2 Å². The minimum atomic E-state index is -0.190. The number of carbonyl (C=O) groups excluding carboxylic acids is 2. The van der Waals surface area contributed by atoms with E-state index in [9.17, 15) is 9.59 Å². The van der Waals surface area contributed by atoms with E-state index in [4.69, 9.17) is 4.74 Å². The molecule has 158 valence electrons. The summed E-state index contributed by atoms with van der Waals surface area (Å²) in [6, 6.07) is 11.3. The van der Waals surface area contributed by atoms with Crippen molar-refractivity contribution in [3.63, 3.8) is 0 Å². The number of anilines is 2. The Kier molecular flexibility index (Phi) is 5.61. The highest BCUT2D eigenvalue weighted by Gasteiger charge is 2.25. The van der Waals surface area contributed by atoms with Crippen molar-refractivity contribution in [2.75, 3.05) is 23.4 Å². The second-order valence-electron chi connectivity index (χ2n) is 7.44. The fraction of sp³-hybridized carbons (Fsp3) is 0.208. The molecule has 0 saturated carbocycles. The number of rotatable bonds is 5. The second-order valence-corrected chi connectivity index (χ2v) is 8.64. The molecule has 7 heteroatoms. The van der Waals surface area contributed by atoms with Gasteiger partial charge in [-0.2, -0.15) is 0 Å². The van der Waals surface area contributed by atoms with Crippen LogP contribution in [0.25, 0.3) is 11.3 Å². The number of hydrogen-bond acceptors (Lipinski definition) is 5. The highest BCUT2D eigenvalue weighted by molar-refractivity contribution is 7.16. The van der Waals surface area contributed by atoms with Crippen molar-refractivity contribution in [1.29, 1.82) is 0 Å². The molecule has 1 N–H and O–H groups in total. The van der Waals surface area contributed by atoms with Gasteiger partial charge in [-0.25, -0.2) is 4.98 Å². The van der Waals surface area contributed by atoms with Crippen molar-refractivity contribution in [3.05, 3.63) is 70.6 Å². The first-order valence-corrected chi connectivity index (χ1v) is 10.7. The van der Waals surface area contributed by atoms with Gasteiger partial charge in [0.15, 0.2) is 11.7 Å². The summed E-state index contributed by atoms with van der Waals surface area (Å²) in [6.07, 6.45) is 1.69. The van der Waals surface area contributed by atoms with Crippen LogP contribution >= 0.6 is 11.3 Å². The van der Waals surface area contributed by atoms with Crippen LogP contribution in [0.3, 0.4) is 0 Å². The SMILES string of the molecule is C=CCN1C(=O)COc2ccc(-c3nc(NC(=O)c4ccc(C)c(C)c4)sc3C)cc21. The third kappa shape index (κ3) is 4.09. The van der Waals surface area contributed by atoms with E-state index < -0.39 is 0 Å². The summed E-state index contributed by atoms with van der Waals surface area (Å²) in [7, 11) is 0. The minimum absolute atomic E-state index is 0.0184. The minimum Gasteiger partial charge on any atom is -0.482 e. The molecule has 1 aliphatic rings. The Morgan fingerprint density at radius 3 is 2.77 bits per heavy atom. The third-order valence-corrected chi connectivity index (χ3v) is 6.16. The second kappa shape index (κ2) is 8.35. The lowest BCUT2D eigenvalue weighted by Crippen LogP contribution is -2.38. The fourth-order valence-corrected chi connectivity index (χ4v) is 4.28. The summed E-state index contributed by atoms with van der Waals surface area (Å²) in [5.74, 6) is 0.354. The van der Waals surface area contributed by atoms with Gasteiger partial charge in [-0.15, -0.1) is 17.9 Å². The van der Waals surface area contributed by atoms with Crippen molar-refractivity contribution in [2.45, 2.75) is 20.8 Å². The van der Waals surface area contributed by atoms with Gasteiger partial charge in [0.25, 0.3) is 11.8 Å². The Morgan fingerprint density at radius 2 is 2.03 bits per heavy atom. The predicted molar refractivity (Wildman–Crippen MR) is 124 cm³/mol. The first-order valence-electron chi connectivity index (χ1n) is 9.92. The summed E-state index contributed by atoms with van der Waals surface area (Å²) in [5.41, 5.74) is 5.12. The number of fused-ring (bicyclic) bond motifs is 1. The third-order valence-electron chi connectivity index (χ3n) is 5.27. The van der Waals surface area contributed by atoms with Gasteiger partial charge < -0.3 is 9.64 Å². The summed E-state index contributed by atoms with van der Waals surface area (Å²) in [4.78, 5) is 32.2. The lowest BCUT2D eigenvalue weighted by Gasteiger charge is -2.28. The van der Waals surface area contributed by atoms with Crippen LogP contribution in [0.2, 0.25) is 0 Å². The number of benzene rings is 2. The quantitative estimate of drug-likeness (QED) is 0.581. The average molecular weight is 434 g/mol. The summed E-state index contributed by atoms with van der Waals surface area (Å²) >= 11 is 1.42. The van der Waals surface area contributed by atoms with Crippen LogP contribution in [0.4, 0.5) is 10.8 Å². The summed E-state index contributed by atoms with van der Waals surface area (Å²) < 4.78 is 5.56.